The molecular formula is C18H24N2O2. The molecule has 118 valence electrons. The van der Waals surface area contributed by atoms with Crippen molar-refractivity contribution in [1.82, 2.24) is 4.90 Å². The maximum absolute atomic E-state index is 13.0. The van der Waals surface area contributed by atoms with Gasteiger partial charge in [0, 0.05) is 25.2 Å². The summed E-state index contributed by atoms with van der Waals surface area (Å²) in [6.07, 6.45) is 5.14. The fraction of sp³-hybridized carbons (Fsp3) is 0.556. The normalized spacial score (nSPS) is 20.9. The van der Waals surface area contributed by atoms with Crippen LogP contribution in [-0.2, 0) is 16.0 Å². The molecular weight excluding hydrogens is 276 g/mol. The van der Waals surface area contributed by atoms with Crippen molar-refractivity contribution in [3.8, 4) is 0 Å². The topological polar surface area (TPSA) is 40.6 Å². The molecule has 1 aromatic rings. The fourth-order valence-electron chi connectivity index (χ4n) is 3.62. The number of benzene rings is 1. The third kappa shape index (κ3) is 2.74. The van der Waals surface area contributed by atoms with Crippen LogP contribution in [0, 0.1) is 0 Å². The Morgan fingerprint density at radius 3 is 2.82 bits per heavy atom. The Hall–Kier alpha value is -1.84. The molecule has 0 saturated carbocycles. The number of anilines is 1. The highest BCUT2D eigenvalue weighted by atomic mass is 16.2. The molecule has 0 aliphatic carbocycles. The molecule has 0 N–H and O–H groups in total. The Balaban J connectivity index is 1.81. The quantitative estimate of drug-likeness (QED) is 0.861. The van der Waals surface area contributed by atoms with Crippen molar-refractivity contribution in [2.75, 3.05) is 18.0 Å². The average Bonchev–Trinajstić information content (AvgIpc) is 3.03. The predicted molar refractivity (Wildman–Crippen MR) is 86.8 cm³/mol. The molecule has 1 fully saturated rings. The molecule has 1 saturated heterocycles. The molecule has 22 heavy (non-hydrogen) atoms. The second kappa shape index (κ2) is 6.51. The number of hydrogen-bond donors (Lipinski definition) is 0. The molecule has 2 aliphatic heterocycles. The van der Waals surface area contributed by atoms with Crippen LogP contribution in [0.25, 0.3) is 0 Å². The van der Waals surface area contributed by atoms with Crippen molar-refractivity contribution in [2.45, 2.75) is 51.5 Å². The van der Waals surface area contributed by atoms with Gasteiger partial charge in [0.05, 0.1) is 0 Å². The standard InChI is InChI=1S/C18H24N2O2/c1-2-7-17(21)19-12-6-11-16(19)18(22)20-13-5-9-14-8-3-4-10-15(14)20/h3-4,8,10,16H,2,5-7,9,11-13H2,1H3. The molecule has 1 atom stereocenters. The van der Waals surface area contributed by atoms with Crippen molar-refractivity contribution in [1.29, 1.82) is 0 Å². The number of carbonyl (C=O) groups is 2. The third-order valence-corrected chi connectivity index (χ3v) is 4.70. The zero-order chi connectivity index (χ0) is 15.5. The molecule has 4 heteroatoms. The second-order valence-corrected chi connectivity index (χ2v) is 6.22. The number of para-hydroxylation sites is 1. The highest BCUT2D eigenvalue weighted by molar-refractivity contribution is 6.00. The molecule has 2 heterocycles. The van der Waals surface area contributed by atoms with Crippen molar-refractivity contribution in [3.63, 3.8) is 0 Å². The minimum Gasteiger partial charge on any atom is -0.331 e. The molecule has 4 nitrogen and oxygen atoms in total. The first kappa shape index (κ1) is 15.1. The van der Waals surface area contributed by atoms with Crippen LogP contribution in [0.1, 0.15) is 44.6 Å². The Kier molecular flexibility index (Phi) is 4.46. The maximum Gasteiger partial charge on any atom is 0.249 e. The molecule has 2 aliphatic rings. The van der Waals surface area contributed by atoms with Gasteiger partial charge in [0.25, 0.3) is 0 Å². The predicted octanol–water partition coefficient (Wildman–Crippen LogP) is 2.76. The van der Waals surface area contributed by atoms with E-state index in [1.165, 1.54) is 5.56 Å². The van der Waals surface area contributed by atoms with E-state index in [4.69, 9.17) is 0 Å². The lowest BCUT2D eigenvalue weighted by atomic mass is 10.0. The third-order valence-electron chi connectivity index (χ3n) is 4.70. The van der Waals surface area contributed by atoms with E-state index in [9.17, 15) is 9.59 Å². The van der Waals surface area contributed by atoms with Gasteiger partial charge in [-0.15, -0.1) is 0 Å². The van der Waals surface area contributed by atoms with Gasteiger partial charge in [0.1, 0.15) is 6.04 Å². The van der Waals surface area contributed by atoms with Crippen LogP contribution in [-0.4, -0.2) is 35.8 Å². The first-order valence-corrected chi connectivity index (χ1v) is 8.41. The first-order valence-electron chi connectivity index (χ1n) is 8.41. The average molecular weight is 300 g/mol. The van der Waals surface area contributed by atoms with Crippen LogP contribution in [0.2, 0.25) is 0 Å². The zero-order valence-electron chi connectivity index (χ0n) is 13.3. The number of likely N-dealkylation sites (tertiary alicyclic amines) is 1. The van der Waals surface area contributed by atoms with E-state index in [1.807, 2.05) is 34.9 Å². The van der Waals surface area contributed by atoms with Gasteiger partial charge in [-0.1, -0.05) is 25.1 Å². The van der Waals surface area contributed by atoms with E-state index in [-0.39, 0.29) is 17.9 Å². The van der Waals surface area contributed by atoms with E-state index in [0.29, 0.717) is 6.42 Å². The smallest absolute Gasteiger partial charge is 0.249 e. The highest BCUT2D eigenvalue weighted by Crippen LogP contribution is 2.30. The summed E-state index contributed by atoms with van der Waals surface area (Å²) in [6, 6.07) is 7.88. The van der Waals surface area contributed by atoms with E-state index >= 15 is 0 Å². The lowest BCUT2D eigenvalue weighted by molar-refractivity contribution is -0.137. The molecule has 3 rings (SSSR count). The highest BCUT2D eigenvalue weighted by Gasteiger charge is 2.37. The minimum absolute atomic E-state index is 0.106. The second-order valence-electron chi connectivity index (χ2n) is 6.22. The van der Waals surface area contributed by atoms with E-state index in [0.717, 1.165) is 50.9 Å². The molecule has 1 unspecified atom stereocenters. The van der Waals surface area contributed by atoms with E-state index in [1.54, 1.807) is 0 Å². The Morgan fingerprint density at radius 2 is 2.00 bits per heavy atom. The zero-order valence-corrected chi connectivity index (χ0v) is 13.3. The number of nitrogens with zero attached hydrogens (tertiary/aromatic N) is 2. The van der Waals surface area contributed by atoms with Crippen LogP contribution >= 0.6 is 0 Å². The van der Waals surface area contributed by atoms with Crippen LogP contribution in [0.15, 0.2) is 24.3 Å². The van der Waals surface area contributed by atoms with E-state index in [2.05, 4.69) is 6.07 Å². The lowest BCUT2D eigenvalue weighted by Gasteiger charge is -2.34. The Labute approximate surface area is 132 Å². The molecule has 2 amide bonds. The van der Waals surface area contributed by atoms with Gasteiger partial charge in [-0.05, 0) is 43.7 Å². The minimum atomic E-state index is -0.259. The summed E-state index contributed by atoms with van der Waals surface area (Å²) in [5.74, 6) is 0.234. The summed E-state index contributed by atoms with van der Waals surface area (Å²) in [4.78, 5) is 29.0. The van der Waals surface area contributed by atoms with Crippen LogP contribution in [0.3, 0.4) is 0 Å². The van der Waals surface area contributed by atoms with Gasteiger partial charge >= 0.3 is 0 Å². The van der Waals surface area contributed by atoms with Crippen LogP contribution in [0.5, 0.6) is 0 Å². The number of aryl methyl sites for hydroxylation is 1. The number of hydrogen-bond acceptors (Lipinski definition) is 2. The Morgan fingerprint density at radius 1 is 1.18 bits per heavy atom. The van der Waals surface area contributed by atoms with Gasteiger partial charge in [-0.2, -0.15) is 0 Å². The van der Waals surface area contributed by atoms with Crippen LogP contribution in [0.4, 0.5) is 5.69 Å². The van der Waals surface area contributed by atoms with Gasteiger partial charge in [-0.3, -0.25) is 9.59 Å². The number of carbonyl (C=O) groups excluding carboxylic acids is 2. The summed E-state index contributed by atoms with van der Waals surface area (Å²) >= 11 is 0. The summed E-state index contributed by atoms with van der Waals surface area (Å²) < 4.78 is 0. The largest absolute Gasteiger partial charge is 0.331 e. The van der Waals surface area contributed by atoms with Crippen LogP contribution < -0.4 is 4.90 Å². The molecule has 0 spiro atoms. The first-order chi connectivity index (χ1) is 10.7. The molecule has 0 radical (unpaired) electrons. The van der Waals surface area contributed by atoms with Crippen molar-refractivity contribution < 1.29 is 9.59 Å². The number of fused-ring (bicyclic) bond motifs is 1. The van der Waals surface area contributed by atoms with Crippen molar-refractivity contribution in [2.24, 2.45) is 0 Å². The Bertz CT molecular complexity index is 570. The molecule has 1 aromatic carbocycles. The van der Waals surface area contributed by atoms with Gasteiger partial charge in [0.15, 0.2) is 0 Å². The van der Waals surface area contributed by atoms with Gasteiger partial charge in [0.2, 0.25) is 11.8 Å². The van der Waals surface area contributed by atoms with E-state index < -0.39 is 0 Å². The van der Waals surface area contributed by atoms with Crippen molar-refractivity contribution >= 4 is 17.5 Å². The summed E-state index contributed by atoms with van der Waals surface area (Å²) in [6.45, 7) is 3.50. The lowest BCUT2D eigenvalue weighted by Crippen LogP contribution is -2.49. The number of rotatable bonds is 3. The summed E-state index contributed by atoms with van der Waals surface area (Å²) in [5.41, 5.74) is 2.28. The SMILES string of the molecule is CCCC(=O)N1CCCC1C(=O)N1CCCc2ccccc21. The summed E-state index contributed by atoms with van der Waals surface area (Å²) in [5, 5.41) is 0. The molecule has 0 bridgehead atoms. The number of amides is 2. The maximum atomic E-state index is 13.0. The fourth-order valence-corrected chi connectivity index (χ4v) is 3.62. The van der Waals surface area contributed by atoms with Crippen molar-refractivity contribution in [3.05, 3.63) is 29.8 Å². The monoisotopic (exact) mass is 300 g/mol. The molecule has 0 aromatic heterocycles. The van der Waals surface area contributed by atoms with Gasteiger partial charge < -0.3 is 9.80 Å². The summed E-state index contributed by atoms with van der Waals surface area (Å²) in [7, 11) is 0. The van der Waals surface area contributed by atoms with Gasteiger partial charge in [-0.25, -0.2) is 0 Å².